The van der Waals surface area contributed by atoms with Crippen LogP contribution in [0.3, 0.4) is 0 Å². The third kappa shape index (κ3) is 38.0. The number of carbonyl (C=O) groups excluding carboxylic acids is 3. The second-order valence-corrected chi connectivity index (χ2v) is 15.1. The molecule has 0 aromatic carbocycles. The predicted molar refractivity (Wildman–Crippen MR) is 224 cm³/mol. The van der Waals surface area contributed by atoms with E-state index in [1.165, 1.54) is 32.1 Å². The molecular formula is C44H73O11P. The van der Waals surface area contributed by atoms with Crippen molar-refractivity contribution in [1.82, 2.24) is 0 Å². The van der Waals surface area contributed by atoms with Crippen LogP contribution in [-0.2, 0) is 37.5 Å². The van der Waals surface area contributed by atoms with Crippen molar-refractivity contribution in [3.63, 3.8) is 0 Å². The van der Waals surface area contributed by atoms with Gasteiger partial charge in [-0.15, -0.1) is 0 Å². The van der Waals surface area contributed by atoms with Crippen LogP contribution in [0.15, 0.2) is 72.9 Å². The Morgan fingerprint density at radius 3 is 1.71 bits per heavy atom. The topological polar surface area (TPSA) is 166 Å². The second-order valence-electron chi connectivity index (χ2n) is 13.7. The van der Waals surface area contributed by atoms with Gasteiger partial charge in [0, 0.05) is 19.3 Å². The van der Waals surface area contributed by atoms with Crippen LogP contribution < -0.4 is 0 Å². The monoisotopic (exact) mass is 808 g/mol. The maximum atomic E-state index is 12.6. The van der Waals surface area contributed by atoms with E-state index in [2.05, 4.69) is 60.9 Å². The van der Waals surface area contributed by atoms with E-state index in [1.54, 1.807) is 12.2 Å². The van der Waals surface area contributed by atoms with Gasteiger partial charge in [0.15, 0.2) is 11.9 Å². The fourth-order valence-corrected chi connectivity index (χ4v) is 5.81. The van der Waals surface area contributed by atoms with Crippen LogP contribution in [0.2, 0.25) is 0 Å². The number of rotatable bonds is 38. The molecule has 3 N–H and O–H groups in total. The van der Waals surface area contributed by atoms with Crippen LogP contribution in [-0.4, -0.2) is 71.5 Å². The summed E-state index contributed by atoms with van der Waals surface area (Å²) in [4.78, 5) is 46.9. The maximum Gasteiger partial charge on any atom is 0.472 e. The van der Waals surface area contributed by atoms with Gasteiger partial charge >= 0.3 is 19.8 Å². The fourth-order valence-electron chi connectivity index (χ4n) is 5.02. The normalized spacial score (nSPS) is 14.5. The maximum absolute atomic E-state index is 12.6. The summed E-state index contributed by atoms with van der Waals surface area (Å²) in [6.07, 6.45) is 39.8. The van der Waals surface area contributed by atoms with Crippen molar-refractivity contribution in [1.29, 1.82) is 0 Å². The van der Waals surface area contributed by atoms with Gasteiger partial charge in [-0.1, -0.05) is 126 Å². The van der Waals surface area contributed by atoms with Crippen LogP contribution in [0.4, 0.5) is 0 Å². The van der Waals surface area contributed by atoms with Crippen LogP contribution in [0, 0.1) is 0 Å². The highest BCUT2D eigenvalue weighted by molar-refractivity contribution is 7.47. The first kappa shape index (κ1) is 53.1. The smallest absolute Gasteiger partial charge is 0.462 e. The first-order valence-electron chi connectivity index (χ1n) is 20.8. The molecule has 0 amide bonds. The van der Waals surface area contributed by atoms with Crippen molar-refractivity contribution in [2.75, 3.05) is 26.4 Å². The minimum Gasteiger partial charge on any atom is -0.462 e. The van der Waals surface area contributed by atoms with Gasteiger partial charge in [0.2, 0.25) is 0 Å². The Labute approximate surface area is 337 Å². The van der Waals surface area contributed by atoms with E-state index >= 15 is 0 Å². The largest absolute Gasteiger partial charge is 0.472 e. The van der Waals surface area contributed by atoms with Crippen molar-refractivity contribution in [3.8, 4) is 0 Å². The molecule has 0 saturated heterocycles. The summed E-state index contributed by atoms with van der Waals surface area (Å²) in [6.45, 7) is 2.08. The van der Waals surface area contributed by atoms with Crippen molar-refractivity contribution in [2.45, 2.75) is 161 Å². The lowest BCUT2D eigenvalue weighted by atomic mass is 10.1. The number of carbonyl (C=O) groups is 3. The molecule has 0 aromatic heterocycles. The number of esters is 2. The average Bonchev–Trinajstić information content (AvgIpc) is 3.18. The zero-order chi connectivity index (χ0) is 41.4. The van der Waals surface area contributed by atoms with Gasteiger partial charge in [-0.2, -0.15) is 0 Å². The lowest BCUT2D eigenvalue weighted by molar-refractivity contribution is -0.161. The molecule has 1 unspecified atom stereocenters. The Balaban J connectivity index is 4.52. The Kier molecular flexibility index (Phi) is 36.9. The Bertz CT molecular complexity index is 1220. The van der Waals surface area contributed by atoms with Gasteiger partial charge in [0.1, 0.15) is 12.7 Å². The van der Waals surface area contributed by atoms with Gasteiger partial charge in [-0.3, -0.25) is 23.4 Å². The molecule has 0 aliphatic carbocycles. The van der Waals surface area contributed by atoms with Crippen LogP contribution in [0.25, 0.3) is 0 Å². The molecule has 56 heavy (non-hydrogen) atoms. The zero-order valence-electron chi connectivity index (χ0n) is 34.3. The molecule has 12 heteroatoms. The molecule has 0 rings (SSSR count). The van der Waals surface area contributed by atoms with E-state index in [1.807, 2.05) is 18.2 Å². The molecule has 11 nitrogen and oxygen atoms in total. The number of aliphatic hydroxyl groups excluding tert-OH is 2. The zero-order valence-corrected chi connectivity index (χ0v) is 35.2. The van der Waals surface area contributed by atoms with Crippen molar-refractivity contribution in [3.05, 3.63) is 72.9 Å². The molecule has 0 bridgehead atoms. The van der Waals surface area contributed by atoms with Gasteiger partial charge in [0.05, 0.1) is 19.8 Å². The Morgan fingerprint density at radius 1 is 0.589 bits per heavy atom. The predicted octanol–water partition coefficient (Wildman–Crippen LogP) is 10.1. The molecule has 0 aliphatic heterocycles. The number of hydrogen-bond donors (Lipinski definition) is 3. The van der Waals surface area contributed by atoms with E-state index in [0.29, 0.717) is 25.7 Å². The fraction of sp³-hybridized carbons (Fsp3) is 0.659. The number of unbranched alkanes of at least 4 members (excludes halogenated alkanes) is 11. The minimum absolute atomic E-state index is 0.0799. The number of phosphoric ester groups is 1. The number of allylic oxidation sites excluding steroid dienone is 12. The Hall–Kier alpha value is -2.92. The standard InChI is InChI=1S/C44H73O11P/c1-3-5-7-9-11-12-13-14-15-16-17-18-19-20-22-26-31-35-44(49)55-42(39-54-56(50,51)53-37-41(47)36-45)38-52-43(48)34-30-27-23-25-29-33-40(46)32-28-24-21-10-8-6-4-2/h11-12,14-15,17-18,20-22,24,28,32,41-42,45,47H,3-10,13,16,19,23,25-27,29-31,33-39H2,1-2H3,(H,50,51)/b12-11-,15-14-,18-17-,22-20-,24-21-,32-28+/t41-,42+/m0/s1. The molecule has 0 aliphatic rings. The summed E-state index contributed by atoms with van der Waals surface area (Å²) in [7, 11) is -4.66. The molecule has 0 heterocycles. The van der Waals surface area contributed by atoms with Crippen molar-refractivity contribution in [2.24, 2.45) is 0 Å². The van der Waals surface area contributed by atoms with E-state index in [9.17, 15) is 28.9 Å². The number of ketones is 1. The highest BCUT2D eigenvalue weighted by Crippen LogP contribution is 2.43. The molecule has 0 saturated carbocycles. The van der Waals surface area contributed by atoms with Crippen molar-refractivity contribution < 1.29 is 52.6 Å². The quantitative estimate of drug-likeness (QED) is 0.0136. The molecule has 0 fully saturated rings. The number of phosphoric acid groups is 1. The van der Waals surface area contributed by atoms with E-state index in [4.69, 9.17) is 19.1 Å². The third-order valence-electron chi connectivity index (χ3n) is 8.31. The molecular weight excluding hydrogens is 735 g/mol. The summed E-state index contributed by atoms with van der Waals surface area (Å²) in [5.74, 6) is -0.990. The van der Waals surface area contributed by atoms with Gasteiger partial charge in [0.25, 0.3) is 0 Å². The lowest BCUT2D eigenvalue weighted by Gasteiger charge is -2.20. The van der Waals surface area contributed by atoms with Gasteiger partial charge in [-0.05, 0) is 76.7 Å². The SMILES string of the molecule is CCCCC/C=C\C=C\C(=O)CCCCCCCC(=O)OC[C@H](COP(=O)(O)OC[C@@H](O)CO)OC(=O)CCC/C=C\C/C=C\C/C=C\C/C=C\CCCCC. The van der Waals surface area contributed by atoms with Crippen molar-refractivity contribution >= 4 is 25.5 Å². The van der Waals surface area contributed by atoms with Crippen LogP contribution in [0.1, 0.15) is 149 Å². The lowest BCUT2D eigenvalue weighted by Crippen LogP contribution is -2.29. The summed E-state index contributed by atoms with van der Waals surface area (Å²) in [6, 6.07) is 0. The summed E-state index contributed by atoms with van der Waals surface area (Å²) in [5.41, 5.74) is 0. The van der Waals surface area contributed by atoms with E-state index < -0.39 is 51.8 Å². The van der Waals surface area contributed by atoms with Crippen LogP contribution in [0.5, 0.6) is 0 Å². The number of aliphatic hydroxyl groups is 2. The third-order valence-corrected chi connectivity index (χ3v) is 9.26. The molecule has 320 valence electrons. The Morgan fingerprint density at radius 2 is 1.11 bits per heavy atom. The molecule has 0 radical (unpaired) electrons. The molecule has 3 atom stereocenters. The first-order valence-corrected chi connectivity index (χ1v) is 22.3. The first-order chi connectivity index (χ1) is 27.1. The van der Waals surface area contributed by atoms with Gasteiger partial charge in [-0.25, -0.2) is 4.57 Å². The van der Waals surface area contributed by atoms with Crippen LogP contribution >= 0.6 is 7.82 Å². The summed E-state index contributed by atoms with van der Waals surface area (Å²) < 4.78 is 32.5. The summed E-state index contributed by atoms with van der Waals surface area (Å²) >= 11 is 0. The molecule has 0 aromatic rings. The second kappa shape index (κ2) is 38.9. The number of hydrogen-bond acceptors (Lipinski definition) is 10. The van der Waals surface area contributed by atoms with E-state index in [0.717, 1.165) is 64.2 Å². The average molecular weight is 809 g/mol. The highest BCUT2D eigenvalue weighted by atomic mass is 31.2. The van der Waals surface area contributed by atoms with Gasteiger partial charge < -0.3 is 24.6 Å². The molecule has 0 spiro atoms. The highest BCUT2D eigenvalue weighted by Gasteiger charge is 2.27. The van der Waals surface area contributed by atoms with E-state index in [-0.39, 0.29) is 25.2 Å². The minimum atomic E-state index is -4.66. The summed E-state index contributed by atoms with van der Waals surface area (Å²) in [5, 5.41) is 18.3. The number of ether oxygens (including phenoxy) is 2.